The number of hydrogen-bond donors (Lipinski definition) is 1. The zero-order valence-corrected chi connectivity index (χ0v) is 4.53. The van der Waals surface area contributed by atoms with Crippen molar-refractivity contribution in [2.24, 2.45) is 0 Å². The molecule has 0 fully saturated rings. The quantitative estimate of drug-likeness (QED) is 0.412. The SMILES string of the molecule is [CaH2].[O]=[Zn][OH]. The van der Waals surface area contributed by atoms with Crippen LogP contribution in [0, 0.1) is 0 Å². The second-order valence-corrected chi connectivity index (χ2v) is 0.671. The minimum atomic E-state index is -2.12. The van der Waals surface area contributed by atoms with Crippen molar-refractivity contribution < 1.29 is 24.9 Å². The predicted molar refractivity (Wildman–Crippen MR) is 11.4 cm³/mol. The van der Waals surface area contributed by atoms with Crippen molar-refractivity contribution in [3.63, 3.8) is 0 Å². The van der Waals surface area contributed by atoms with Gasteiger partial charge in [0.25, 0.3) is 0 Å². The molecule has 2 nitrogen and oxygen atoms in total. The van der Waals surface area contributed by atoms with E-state index in [1.165, 1.54) is 0 Å². The van der Waals surface area contributed by atoms with Gasteiger partial charge in [-0.2, -0.15) is 0 Å². The summed E-state index contributed by atoms with van der Waals surface area (Å²) in [4.78, 5) is 0. The Morgan fingerprint density at radius 3 is 1.75 bits per heavy atom. The van der Waals surface area contributed by atoms with Crippen LogP contribution >= 0.6 is 0 Å². The van der Waals surface area contributed by atoms with Crippen LogP contribution < -0.4 is 0 Å². The summed E-state index contributed by atoms with van der Waals surface area (Å²) in [6.07, 6.45) is 0. The summed E-state index contributed by atoms with van der Waals surface area (Å²) in [6, 6.07) is 0. The third-order valence-corrected chi connectivity index (χ3v) is 0. The minimum absolute atomic E-state index is 0. The first-order valence-corrected chi connectivity index (χ1v) is 3.14. The maximum atomic E-state index is 8.67. The molecule has 0 rings (SSSR count). The molecule has 0 saturated carbocycles. The predicted octanol–water partition coefficient (Wildman–Crippen LogP) is -1.59. The topological polar surface area (TPSA) is 37.3 Å². The van der Waals surface area contributed by atoms with Crippen LogP contribution in [0.5, 0.6) is 0 Å². The molecule has 0 heterocycles. The fourth-order valence-electron chi connectivity index (χ4n) is 0. The number of rotatable bonds is 0. The van der Waals surface area contributed by atoms with E-state index in [1.54, 1.807) is 0 Å². The summed E-state index contributed by atoms with van der Waals surface area (Å²) in [5, 5.41) is 0. The Hall–Kier alpha value is 1.64. The Morgan fingerprint density at radius 1 is 1.75 bits per heavy atom. The van der Waals surface area contributed by atoms with Gasteiger partial charge in [-0.25, -0.2) is 0 Å². The van der Waals surface area contributed by atoms with E-state index in [1.807, 2.05) is 0 Å². The van der Waals surface area contributed by atoms with Gasteiger partial charge in [-0.05, 0) is 0 Å². The fourth-order valence-corrected chi connectivity index (χ4v) is 0. The third-order valence-electron chi connectivity index (χ3n) is 0. The zero-order chi connectivity index (χ0) is 2.71. The van der Waals surface area contributed by atoms with Gasteiger partial charge in [0.2, 0.25) is 0 Å². The van der Waals surface area contributed by atoms with Crippen LogP contribution in [0.1, 0.15) is 0 Å². The van der Waals surface area contributed by atoms with Crippen LogP contribution in [0.3, 0.4) is 0 Å². The molecule has 0 aliphatic rings. The average molecular weight is 140 g/mol. The molecular formula is H3CaO2Zn. The first-order chi connectivity index (χ1) is 1.41. The summed E-state index contributed by atoms with van der Waals surface area (Å²) in [7, 11) is 0. The van der Waals surface area contributed by atoms with E-state index in [-0.39, 0.29) is 37.7 Å². The Kier molecular flexibility index (Phi) is 20.2. The molecular weight excluding hydrogens is 137 g/mol. The van der Waals surface area contributed by atoms with Gasteiger partial charge < -0.3 is 0 Å². The summed E-state index contributed by atoms with van der Waals surface area (Å²) in [5.41, 5.74) is 0. The summed E-state index contributed by atoms with van der Waals surface area (Å²) >= 11 is -2.12. The normalized spacial score (nSPS) is 2.25. The molecule has 0 aromatic carbocycles. The Labute approximate surface area is 61.8 Å². The molecule has 1 N–H and O–H groups in total. The van der Waals surface area contributed by atoms with Gasteiger partial charge in [0.05, 0.1) is 0 Å². The van der Waals surface area contributed by atoms with E-state index >= 15 is 0 Å². The standard InChI is InChI=1S/Ca.H2O.O.Zn.2H/h;1H2;;;;/q;;;+1;;/p-1. The monoisotopic (exact) mass is 139 g/mol. The average Bonchev–Trinajstić information content (AvgIpc) is 0.918. The molecule has 0 amide bonds. The first-order valence-electron chi connectivity index (χ1n) is 0.605. The second-order valence-electron chi connectivity index (χ2n) is 0.129. The van der Waals surface area contributed by atoms with Crippen LogP contribution in [0.25, 0.3) is 0 Å². The van der Waals surface area contributed by atoms with Gasteiger partial charge >= 0.3 is 62.7 Å². The van der Waals surface area contributed by atoms with Crippen LogP contribution in [-0.4, -0.2) is 41.7 Å². The summed E-state index contributed by atoms with van der Waals surface area (Å²) in [5.74, 6) is 0. The van der Waals surface area contributed by atoms with Gasteiger partial charge in [0.1, 0.15) is 0 Å². The van der Waals surface area contributed by atoms with Crippen molar-refractivity contribution in [3.05, 3.63) is 0 Å². The third kappa shape index (κ3) is 9.43. The van der Waals surface area contributed by atoms with Gasteiger partial charge in [-0.3, -0.25) is 0 Å². The second kappa shape index (κ2) is 8.82. The fraction of sp³-hybridized carbons (Fsp3) is 0. The molecule has 0 aromatic rings. The van der Waals surface area contributed by atoms with Gasteiger partial charge in [0.15, 0.2) is 0 Å². The molecule has 0 aromatic heterocycles. The first kappa shape index (κ1) is 9.17. The molecule has 0 bridgehead atoms. The van der Waals surface area contributed by atoms with Crippen molar-refractivity contribution in [2.45, 2.75) is 0 Å². The molecule has 19 valence electrons. The summed E-state index contributed by atoms with van der Waals surface area (Å²) < 4.78 is 15.9. The van der Waals surface area contributed by atoms with E-state index in [4.69, 9.17) is 7.51 Å². The van der Waals surface area contributed by atoms with Gasteiger partial charge in [-0.15, -0.1) is 0 Å². The van der Waals surface area contributed by atoms with Crippen molar-refractivity contribution in [1.29, 1.82) is 0 Å². The van der Waals surface area contributed by atoms with E-state index in [0.717, 1.165) is 0 Å². The van der Waals surface area contributed by atoms with Crippen molar-refractivity contribution in [1.82, 2.24) is 0 Å². The van der Waals surface area contributed by atoms with Gasteiger partial charge in [-0.1, -0.05) is 0 Å². The molecule has 0 radical (unpaired) electrons. The Bertz CT molecular complexity index is 13.5. The molecule has 0 aliphatic heterocycles. The maximum absolute atomic E-state index is 8.67. The molecule has 0 saturated heterocycles. The number of hydrogen-bond acceptors (Lipinski definition) is 1. The molecule has 0 aliphatic carbocycles. The molecule has 0 unspecified atom stereocenters. The van der Waals surface area contributed by atoms with Crippen LogP contribution in [0.15, 0.2) is 0 Å². The zero-order valence-electron chi connectivity index (χ0n) is 1.56. The van der Waals surface area contributed by atoms with Crippen molar-refractivity contribution in [2.75, 3.05) is 0 Å². The van der Waals surface area contributed by atoms with Crippen LogP contribution in [0.2, 0.25) is 0 Å². The van der Waals surface area contributed by atoms with Crippen molar-refractivity contribution in [3.8, 4) is 0 Å². The molecule has 0 atom stereocenters. The van der Waals surface area contributed by atoms with E-state index in [2.05, 4.69) is 0 Å². The molecule has 4 heteroatoms. The van der Waals surface area contributed by atoms with E-state index in [0.29, 0.717) is 0 Å². The van der Waals surface area contributed by atoms with E-state index < -0.39 is 17.4 Å². The van der Waals surface area contributed by atoms with Crippen LogP contribution in [-0.2, 0) is 21.0 Å². The van der Waals surface area contributed by atoms with Crippen molar-refractivity contribution >= 4 is 37.7 Å². The van der Waals surface area contributed by atoms with E-state index in [9.17, 15) is 0 Å². The Balaban J connectivity index is 0. The van der Waals surface area contributed by atoms with Gasteiger partial charge in [0, 0.05) is 0 Å². The van der Waals surface area contributed by atoms with Crippen LogP contribution in [0.4, 0.5) is 0 Å². The Morgan fingerprint density at radius 2 is 1.75 bits per heavy atom. The molecule has 4 heavy (non-hydrogen) atoms. The summed E-state index contributed by atoms with van der Waals surface area (Å²) in [6.45, 7) is 0. The molecule has 0 spiro atoms.